The number of rotatable bonds is 5. The highest BCUT2D eigenvalue weighted by atomic mass is 79.9. The van der Waals surface area contributed by atoms with Crippen molar-refractivity contribution >= 4 is 39.2 Å². The maximum absolute atomic E-state index is 4.85. The lowest BCUT2D eigenvalue weighted by Crippen LogP contribution is -2.47. The smallest absolute Gasteiger partial charge is 0.225 e. The van der Waals surface area contributed by atoms with Crippen molar-refractivity contribution in [2.75, 3.05) is 41.3 Å². The Bertz CT molecular complexity index is 1130. The zero-order chi connectivity index (χ0) is 20.3. The van der Waals surface area contributed by atoms with Gasteiger partial charge in [0.25, 0.3) is 0 Å². The molecule has 5 rings (SSSR count). The van der Waals surface area contributed by atoms with Crippen LogP contribution in [0.1, 0.15) is 5.56 Å². The zero-order valence-corrected chi connectivity index (χ0v) is 17.8. The Kier molecular flexibility index (Phi) is 5.14. The lowest BCUT2D eigenvalue weighted by Gasteiger charge is -2.35. The van der Waals surface area contributed by atoms with Gasteiger partial charge in [0.15, 0.2) is 5.65 Å². The van der Waals surface area contributed by atoms with Crippen LogP contribution in [-0.2, 0) is 6.54 Å². The molecule has 1 saturated heterocycles. The first-order valence-corrected chi connectivity index (χ1v) is 10.5. The number of piperazine rings is 1. The number of halogens is 1. The van der Waals surface area contributed by atoms with E-state index in [0.717, 1.165) is 59.4 Å². The molecule has 0 aliphatic carbocycles. The molecule has 0 radical (unpaired) electrons. The summed E-state index contributed by atoms with van der Waals surface area (Å²) in [4.78, 5) is 22.2. The second kappa shape index (κ2) is 8.23. The molecule has 4 aromatic rings. The van der Waals surface area contributed by atoms with Crippen molar-refractivity contribution in [1.29, 1.82) is 0 Å². The Morgan fingerprint density at radius 1 is 0.967 bits per heavy atom. The monoisotopic (exact) mass is 465 g/mol. The SMILES string of the molecule is Brc1cnn2c(NCc3cccnc3)cc(N3CCN(c4ncccn4)CC3)nc12. The molecule has 4 aromatic heterocycles. The van der Waals surface area contributed by atoms with Crippen molar-refractivity contribution in [3.8, 4) is 0 Å². The van der Waals surface area contributed by atoms with Crippen LogP contribution in [0, 0.1) is 0 Å². The van der Waals surface area contributed by atoms with E-state index in [0.29, 0.717) is 6.54 Å². The minimum Gasteiger partial charge on any atom is -0.366 e. The largest absolute Gasteiger partial charge is 0.366 e. The minimum absolute atomic E-state index is 0.656. The van der Waals surface area contributed by atoms with Crippen LogP contribution in [0.5, 0.6) is 0 Å². The van der Waals surface area contributed by atoms with Gasteiger partial charge in [-0.15, -0.1) is 0 Å². The molecule has 1 aliphatic rings. The molecule has 30 heavy (non-hydrogen) atoms. The topological polar surface area (TPSA) is 87.4 Å². The number of nitrogens with one attached hydrogen (secondary N) is 1. The highest BCUT2D eigenvalue weighted by Crippen LogP contribution is 2.25. The predicted octanol–water partition coefficient (Wildman–Crippen LogP) is 2.62. The second-order valence-corrected chi connectivity index (χ2v) is 7.82. The number of pyridine rings is 1. The van der Waals surface area contributed by atoms with Crippen LogP contribution >= 0.6 is 15.9 Å². The van der Waals surface area contributed by atoms with Crippen LogP contribution in [0.3, 0.4) is 0 Å². The fraction of sp³-hybridized carbons (Fsp3) is 0.250. The maximum atomic E-state index is 4.85. The van der Waals surface area contributed by atoms with Crippen LogP contribution in [0.25, 0.3) is 5.65 Å². The first kappa shape index (κ1) is 18.7. The molecule has 10 heteroatoms. The van der Waals surface area contributed by atoms with E-state index in [4.69, 9.17) is 4.98 Å². The third-order valence-electron chi connectivity index (χ3n) is 5.05. The molecule has 0 spiro atoms. The Labute approximate surface area is 181 Å². The van der Waals surface area contributed by atoms with E-state index in [9.17, 15) is 0 Å². The van der Waals surface area contributed by atoms with Crippen molar-refractivity contribution in [1.82, 2.24) is 29.5 Å². The number of fused-ring (bicyclic) bond motifs is 1. The van der Waals surface area contributed by atoms with E-state index in [1.807, 2.05) is 28.9 Å². The summed E-state index contributed by atoms with van der Waals surface area (Å²) in [7, 11) is 0. The fourth-order valence-corrected chi connectivity index (χ4v) is 3.84. The number of hydrogen-bond donors (Lipinski definition) is 1. The molecule has 0 amide bonds. The van der Waals surface area contributed by atoms with Gasteiger partial charge in [0.1, 0.15) is 11.6 Å². The van der Waals surface area contributed by atoms with E-state index in [-0.39, 0.29) is 0 Å². The second-order valence-electron chi connectivity index (χ2n) is 6.97. The van der Waals surface area contributed by atoms with Crippen molar-refractivity contribution in [3.05, 3.63) is 65.3 Å². The van der Waals surface area contributed by atoms with Gasteiger partial charge in [-0.25, -0.2) is 15.0 Å². The average Bonchev–Trinajstić information content (AvgIpc) is 3.20. The first-order chi connectivity index (χ1) is 14.8. The van der Waals surface area contributed by atoms with Crippen LogP contribution < -0.4 is 15.1 Å². The van der Waals surface area contributed by atoms with Gasteiger partial charge in [-0.2, -0.15) is 9.61 Å². The number of nitrogens with zero attached hydrogens (tertiary/aromatic N) is 8. The van der Waals surface area contributed by atoms with Gasteiger partial charge in [-0.1, -0.05) is 6.07 Å². The van der Waals surface area contributed by atoms with Crippen molar-refractivity contribution in [2.24, 2.45) is 0 Å². The molecule has 0 bridgehead atoms. The molecule has 1 fully saturated rings. The Morgan fingerprint density at radius 2 is 1.77 bits per heavy atom. The Balaban J connectivity index is 1.37. The Hall–Kier alpha value is -3.27. The van der Waals surface area contributed by atoms with Gasteiger partial charge in [-0.05, 0) is 33.6 Å². The summed E-state index contributed by atoms with van der Waals surface area (Å²) in [5, 5.41) is 7.93. The highest BCUT2D eigenvalue weighted by molar-refractivity contribution is 9.10. The number of anilines is 3. The fourth-order valence-electron chi connectivity index (χ4n) is 3.50. The van der Waals surface area contributed by atoms with Gasteiger partial charge >= 0.3 is 0 Å². The molecule has 0 saturated carbocycles. The van der Waals surface area contributed by atoms with E-state index < -0.39 is 0 Å². The van der Waals surface area contributed by atoms with E-state index >= 15 is 0 Å². The van der Waals surface area contributed by atoms with Crippen LogP contribution in [0.2, 0.25) is 0 Å². The normalized spacial score (nSPS) is 14.3. The van der Waals surface area contributed by atoms with Crippen LogP contribution in [-0.4, -0.2) is 55.7 Å². The van der Waals surface area contributed by atoms with Gasteiger partial charge in [-0.3, -0.25) is 4.98 Å². The zero-order valence-electron chi connectivity index (χ0n) is 16.2. The summed E-state index contributed by atoms with van der Waals surface area (Å²) in [5.74, 6) is 2.59. The molecule has 1 aliphatic heterocycles. The molecule has 0 atom stereocenters. The van der Waals surface area contributed by atoms with E-state index in [1.54, 1.807) is 24.8 Å². The molecule has 152 valence electrons. The van der Waals surface area contributed by atoms with Gasteiger partial charge in [0.05, 0.1) is 10.7 Å². The van der Waals surface area contributed by atoms with E-state index in [2.05, 4.69) is 57.2 Å². The van der Waals surface area contributed by atoms with Crippen molar-refractivity contribution in [3.63, 3.8) is 0 Å². The lowest BCUT2D eigenvalue weighted by molar-refractivity contribution is 0.634. The van der Waals surface area contributed by atoms with Gasteiger partial charge in [0, 0.05) is 63.6 Å². The quantitative estimate of drug-likeness (QED) is 0.481. The third-order valence-corrected chi connectivity index (χ3v) is 5.61. The minimum atomic E-state index is 0.656. The molecule has 0 aromatic carbocycles. The molecular weight excluding hydrogens is 446 g/mol. The van der Waals surface area contributed by atoms with Crippen LogP contribution in [0.15, 0.2) is 59.7 Å². The van der Waals surface area contributed by atoms with Crippen molar-refractivity contribution < 1.29 is 0 Å². The molecule has 5 heterocycles. The van der Waals surface area contributed by atoms with Gasteiger partial charge in [0.2, 0.25) is 5.95 Å². The third kappa shape index (κ3) is 3.78. The molecule has 1 N–H and O–H groups in total. The summed E-state index contributed by atoms with van der Waals surface area (Å²) in [6.45, 7) is 4.03. The van der Waals surface area contributed by atoms with Crippen LogP contribution in [0.4, 0.5) is 17.6 Å². The number of hydrogen-bond acceptors (Lipinski definition) is 8. The van der Waals surface area contributed by atoms with Gasteiger partial charge < -0.3 is 15.1 Å². The summed E-state index contributed by atoms with van der Waals surface area (Å²) in [6, 6.07) is 7.87. The summed E-state index contributed by atoms with van der Waals surface area (Å²) < 4.78 is 2.68. The number of aromatic nitrogens is 6. The molecule has 0 unspecified atom stereocenters. The maximum Gasteiger partial charge on any atom is 0.225 e. The summed E-state index contributed by atoms with van der Waals surface area (Å²) in [5.41, 5.74) is 1.89. The Morgan fingerprint density at radius 3 is 2.53 bits per heavy atom. The highest BCUT2D eigenvalue weighted by Gasteiger charge is 2.21. The molecular formula is C20H20BrN9. The van der Waals surface area contributed by atoms with Crippen molar-refractivity contribution in [2.45, 2.75) is 6.54 Å². The average molecular weight is 466 g/mol. The van der Waals surface area contributed by atoms with E-state index in [1.165, 1.54) is 0 Å². The first-order valence-electron chi connectivity index (χ1n) is 9.72. The molecule has 9 nitrogen and oxygen atoms in total. The summed E-state index contributed by atoms with van der Waals surface area (Å²) in [6.07, 6.45) is 8.96. The lowest BCUT2D eigenvalue weighted by atomic mass is 10.3. The standard InChI is InChI=1S/C20H20BrN9/c21-16-14-26-30-17(25-13-15-3-1-4-22-12-15)11-18(27-19(16)30)28-7-9-29(10-8-28)20-23-5-2-6-24-20/h1-6,11-12,14,25H,7-10,13H2. The predicted molar refractivity (Wildman–Crippen MR) is 119 cm³/mol. The summed E-state index contributed by atoms with van der Waals surface area (Å²) >= 11 is 3.57.